The summed E-state index contributed by atoms with van der Waals surface area (Å²) in [5.41, 5.74) is 2.15. The molecule has 0 spiro atoms. The third kappa shape index (κ3) is 3.25. The second kappa shape index (κ2) is 6.79. The van der Waals surface area contributed by atoms with Crippen molar-refractivity contribution in [3.8, 4) is 11.4 Å². The molecular weight excluding hydrogens is 344 g/mol. The molecule has 1 atom stereocenters. The van der Waals surface area contributed by atoms with E-state index in [1.54, 1.807) is 29.0 Å². The first-order valence-corrected chi connectivity index (χ1v) is 8.87. The zero-order chi connectivity index (χ0) is 19.0. The number of aromatic nitrogens is 5. The van der Waals surface area contributed by atoms with Gasteiger partial charge in [-0.3, -0.25) is 19.3 Å². The van der Waals surface area contributed by atoms with Crippen LogP contribution in [0.5, 0.6) is 0 Å². The Morgan fingerprint density at radius 1 is 1.30 bits per heavy atom. The molecule has 27 heavy (non-hydrogen) atoms. The molecule has 1 aliphatic rings. The fourth-order valence-corrected chi connectivity index (χ4v) is 3.54. The summed E-state index contributed by atoms with van der Waals surface area (Å²) in [6.07, 6.45) is 4.99. The lowest BCUT2D eigenvalue weighted by Crippen LogP contribution is -2.32. The second-order valence-corrected chi connectivity index (χ2v) is 6.69. The van der Waals surface area contributed by atoms with Crippen molar-refractivity contribution in [3.05, 3.63) is 64.1 Å². The van der Waals surface area contributed by atoms with Gasteiger partial charge in [0.1, 0.15) is 5.82 Å². The highest BCUT2D eigenvalue weighted by Crippen LogP contribution is 2.31. The molecule has 1 aliphatic heterocycles. The Balaban J connectivity index is 1.70. The Bertz CT molecular complexity index is 1040. The van der Waals surface area contributed by atoms with Crippen molar-refractivity contribution >= 4 is 5.91 Å². The summed E-state index contributed by atoms with van der Waals surface area (Å²) in [6.45, 7) is 2.44. The number of aryl methyl sites for hydroxylation is 2. The number of pyridine rings is 1. The first kappa shape index (κ1) is 17.1. The number of likely N-dealkylation sites (tertiary alicyclic amines) is 1. The minimum atomic E-state index is -0.270. The van der Waals surface area contributed by atoms with Crippen LogP contribution < -0.4 is 5.56 Å². The number of amides is 1. The molecule has 1 amide bonds. The van der Waals surface area contributed by atoms with Crippen LogP contribution in [0.3, 0.4) is 0 Å². The van der Waals surface area contributed by atoms with Crippen LogP contribution in [0.1, 0.15) is 40.8 Å². The van der Waals surface area contributed by atoms with E-state index in [2.05, 4.69) is 20.1 Å². The summed E-state index contributed by atoms with van der Waals surface area (Å²) in [5, 5.41) is 4.26. The zero-order valence-electron chi connectivity index (χ0n) is 15.2. The van der Waals surface area contributed by atoms with Crippen molar-refractivity contribution in [1.82, 2.24) is 29.6 Å². The van der Waals surface area contributed by atoms with Gasteiger partial charge in [0, 0.05) is 32.1 Å². The third-order valence-electron chi connectivity index (χ3n) is 4.76. The highest BCUT2D eigenvalue weighted by atomic mass is 16.2. The van der Waals surface area contributed by atoms with Crippen molar-refractivity contribution in [3.63, 3.8) is 0 Å². The van der Waals surface area contributed by atoms with E-state index in [1.807, 2.05) is 25.1 Å². The number of carbonyl (C=O) groups is 1. The molecule has 0 radical (unpaired) electrons. The van der Waals surface area contributed by atoms with Gasteiger partial charge in [0.2, 0.25) is 0 Å². The number of hydrogen-bond acceptors (Lipinski definition) is 5. The minimum Gasteiger partial charge on any atom is -0.328 e. The molecule has 138 valence electrons. The van der Waals surface area contributed by atoms with Gasteiger partial charge < -0.3 is 9.88 Å². The Morgan fingerprint density at radius 2 is 2.15 bits per heavy atom. The molecule has 0 saturated carbocycles. The van der Waals surface area contributed by atoms with Crippen LogP contribution >= 0.6 is 0 Å². The highest BCUT2D eigenvalue weighted by molar-refractivity contribution is 5.95. The summed E-state index contributed by atoms with van der Waals surface area (Å²) >= 11 is 0. The number of H-pyrrole nitrogens is 1. The Morgan fingerprint density at radius 3 is 2.85 bits per heavy atom. The smallest absolute Gasteiger partial charge is 0.257 e. The Hall–Kier alpha value is -3.29. The molecule has 4 rings (SSSR count). The monoisotopic (exact) mass is 364 g/mol. The molecule has 4 heterocycles. The van der Waals surface area contributed by atoms with Crippen LogP contribution in [-0.4, -0.2) is 42.1 Å². The Labute approximate surface area is 155 Å². The van der Waals surface area contributed by atoms with E-state index in [1.165, 1.54) is 6.07 Å². The molecule has 0 aliphatic carbocycles. The van der Waals surface area contributed by atoms with Crippen LogP contribution in [0.25, 0.3) is 11.4 Å². The summed E-state index contributed by atoms with van der Waals surface area (Å²) in [7, 11) is 1.79. The summed E-state index contributed by atoms with van der Waals surface area (Å²) < 4.78 is 1.63. The van der Waals surface area contributed by atoms with Crippen molar-refractivity contribution in [2.75, 3.05) is 6.54 Å². The van der Waals surface area contributed by atoms with E-state index in [-0.39, 0.29) is 17.5 Å². The fraction of sp³-hybridized carbons (Fsp3) is 0.316. The summed E-state index contributed by atoms with van der Waals surface area (Å²) in [4.78, 5) is 38.7. The van der Waals surface area contributed by atoms with E-state index < -0.39 is 0 Å². The molecule has 3 aromatic heterocycles. The van der Waals surface area contributed by atoms with Gasteiger partial charge in [-0.1, -0.05) is 6.07 Å². The maximum atomic E-state index is 13.0. The molecule has 8 heteroatoms. The summed E-state index contributed by atoms with van der Waals surface area (Å²) in [5.74, 6) is 0.407. The zero-order valence-corrected chi connectivity index (χ0v) is 15.2. The fourth-order valence-electron chi connectivity index (χ4n) is 3.54. The minimum absolute atomic E-state index is 0.0889. The lowest BCUT2D eigenvalue weighted by Gasteiger charge is -2.24. The first-order chi connectivity index (χ1) is 13.0. The van der Waals surface area contributed by atoms with Crippen LogP contribution in [-0.2, 0) is 7.05 Å². The van der Waals surface area contributed by atoms with Crippen molar-refractivity contribution in [2.45, 2.75) is 25.8 Å². The van der Waals surface area contributed by atoms with Gasteiger partial charge in [0.05, 0.1) is 28.7 Å². The molecule has 8 nitrogen and oxygen atoms in total. The van der Waals surface area contributed by atoms with Gasteiger partial charge in [0.15, 0.2) is 0 Å². The maximum absolute atomic E-state index is 13.0. The van der Waals surface area contributed by atoms with Gasteiger partial charge >= 0.3 is 0 Å². The third-order valence-corrected chi connectivity index (χ3v) is 4.76. The van der Waals surface area contributed by atoms with E-state index in [0.717, 1.165) is 12.8 Å². The highest BCUT2D eigenvalue weighted by Gasteiger charge is 2.33. The normalized spacial score (nSPS) is 16.7. The number of aromatic amines is 1. The van der Waals surface area contributed by atoms with Gasteiger partial charge in [-0.2, -0.15) is 5.10 Å². The van der Waals surface area contributed by atoms with Crippen LogP contribution in [0.2, 0.25) is 0 Å². The van der Waals surface area contributed by atoms with Gasteiger partial charge in [-0.15, -0.1) is 0 Å². The predicted molar refractivity (Wildman–Crippen MR) is 99.0 cm³/mol. The quantitative estimate of drug-likeness (QED) is 0.765. The van der Waals surface area contributed by atoms with Crippen molar-refractivity contribution < 1.29 is 4.79 Å². The molecule has 0 unspecified atom stereocenters. The lowest BCUT2D eigenvalue weighted by atomic mass is 10.1. The number of carbonyl (C=O) groups excluding carboxylic acids is 1. The number of nitrogens with zero attached hydrogens (tertiary/aromatic N) is 5. The average Bonchev–Trinajstić information content (AvgIpc) is 3.28. The average molecular weight is 364 g/mol. The molecule has 0 aromatic carbocycles. The van der Waals surface area contributed by atoms with Crippen LogP contribution in [0.15, 0.2) is 41.5 Å². The van der Waals surface area contributed by atoms with Gasteiger partial charge in [-0.05, 0) is 31.9 Å². The topological polar surface area (TPSA) is 96.8 Å². The van der Waals surface area contributed by atoms with Crippen molar-refractivity contribution in [1.29, 1.82) is 0 Å². The second-order valence-electron chi connectivity index (χ2n) is 6.69. The molecule has 1 saturated heterocycles. The maximum Gasteiger partial charge on any atom is 0.257 e. The standard InChI is InChI=1S/C19H20N6O2/c1-12-13(11-24(2)23-12)19(27)25-9-5-7-16(25)18-21-15(10-17(26)22-18)14-6-3-4-8-20-14/h3-4,6,8,10-11,16H,5,7,9H2,1-2H3,(H,21,22,26)/t16-/m1/s1. The molecule has 1 N–H and O–H groups in total. The molecular formula is C19H20N6O2. The molecule has 0 bridgehead atoms. The molecule has 1 fully saturated rings. The number of nitrogens with one attached hydrogen (secondary N) is 1. The molecule has 3 aromatic rings. The van der Waals surface area contributed by atoms with E-state index in [4.69, 9.17) is 0 Å². The first-order valence-electron chi connectivity index (χ1n) is 8.87. The van der Waals surface area contributed by atoms with E-state index >= 15 is 0 Å². The Kier molecular flexibility index (Phi) is 4.31. The number of hydrogen-bond donors (Lipinski definition) is 1. The lowest BCUT2D eigenvalue weighted by molar-refractivity contribution is 0.0729. The van der Waals surface area contributed by atoms with Gasteiger partial charge in [-0.25, -0.2) is 4.98 Å². The SMILES string of the molecule is Cc1nn(C)cc1C(=O)N1CCC[C@@H]1c1nc(-c2ccccn2)cc(=O)[nH]1. The predicted octanol–water partition coefficient (Wildman–Crippen LogP) is 1.85. The van der Waals surface area contributed by atoms with E-state index in [9.17, 15) is 9.59 Å². The van der Waals surface area contributed by atoms with Crippen LogP contribution in [0.4, 0.5) is 0 Å². The van der Waals surface area contributed by atoms with Crippen LogP contribution in [0, 0.1) is 6.92 Å². The van der Waals surface area contributed by atoms with Gasteiger partial charge in [0.25, 0.3) is 11.5 Å². The van der Waals surface area contributed by atoms with E-state index in [0.29, 0.717) is 35.0 Å². The largest absolute Gasteiger partial charge is 0.328 e. The van der Waals surface area contributed by atoms with Crippen molar-refractivity contribution in [2.24, 2.45) is 7.05 Å². The number of rotatable bonds is 3. The summed E-state index contributed by atoms with van der Waals surface area (Å²) in [6, 6.07) is 6.63.